The average molecular weight is 217 g/mol. The number of rotatable bonds is 6. The van der Waals surface area contributed by atoms with Crippen molar-refractivity contribution in [3.05, 3.63) is 35.4 Å². The monoisotopic (exact) mass is 217 g/mol. The summed E-state index contributed by atoms with van der Waals surface area (Å²) in [5, 5.41) is 0. The summed E-state index contributed by atoms with van der Waals surface area (Å²) >= 11 is 0. The van der Waals surface area contributed by atoms with E-state index in [1.165, 1.54) is 18.2 Å². The van der Waals surface area contributed by atoms with E-state index in [1.807, 2.05) is 0 Å². The SMILES string of the molecule is COCCONCc1c(F)cccc1F. The Balaban J connectivity index is 2.37. The summed E-state index contributed by atoms with van der Waals surface area (Å²) in [7, 11) is 1.54. The second-order valence-electron chi connectivity index (χ2n) is 2.86. The molecule has 1 aromatic carbocycles. The van der Waals surface area contributed by atoms with Gasteiger partial charge in [0.2, 0.25) is 0 Å². The number of nitrogens with one attached hydrogen (secondary N) is 1. The van der Waals surface area contributed by atoms with Gasteiger partial charge >= 0.3 is 0 Å². The first-order chi connectivity index (χ1) is 7.25. The lowest BCUT2D eigenvalue weighted by Crippen LogP contribution is -2.18. The van der Waals surface area contributed by atoms with Crippen LogP contribution in [0.2, 0.25) is 0 Å². The maximum absolute atomic E-state index is 13.1. The zero-order valence-corrected chi connectivity index (χ0v) is 8.43. The molecule has 1 rings (SSSR count). The van der Waals surface area contributed by atoms with Crippen molar-refractivity contribution in [3.63, 3.8) is 0 Å². The molecule has 0 fully saturated rings. The van der Waals surface area contributed by atoms with Gasteiger partial charge in [0.25, 0.3) is 0 Å². The van der Waals surface area contributed by atoms with E-state index in [1.54, 1.807) is 7.11 Å². The van der Waals surface area contributed by atoms with Gasteiger partial charge < -0.3 is 4.74 Å². The third kappa shape index (κ3) is 3.91. The molecule has 0 saturated heterocycles. The molecule has 0 aliphatic heterocycles. The number of ether oxygens (including phenoxy) is 1. The van der Waals surface area contributed by atoms with Crippen LogP contribution in [-0.2, 0) is 16.1 Å². The molecular weight excluding hydrogens is 204 g/mol. The normalized spacial score (nSPS) is 10.6. The maximum Gasteiger partial charge on any atom is 0.130 e. The van der Waals surface area contributed by atoms with Crippen molar-refractivity contribution in [2.75, 3.05) is 20.3 Å². The van der Waals surface area contributed by atoms with Gasteiger partial charge in [0.05, 0.1) is 19.8 Å². The fraction of sp³-hybridized carbons (Fsp3) is 0.400. The van der Waals surface area contributed by atoms with Crippen molar-refractivity contribution in [2.45, 2.75) is 6.54 Å². The maximum atomic E-state index is 13.1. The van der Waals surface area contributed by atoms with E-state index < -0.39 is 11.6 Å². The minimum Gasteiger partial charge on any atom is -0.382 e. The van der Waals surface area contributed by atoms with E-state index in [4.69, 9.17) is 9.57 Å². The van der Waals surface area contributed by atoms with Crippen LogP contribution in [0.25, 0.3) is 0 Å². The van der Waals surface area contributed by atoms with Crippen LogP contribution < -0.4 is 5.48 Å². The summed E-state index contributed by atoms with van der Waals surface area (Å²) in [4.78, 5) is 4.88. The largest absolute Gasteiger partial charge is 0.382 e. The zero-order valence-electron chi connectivity index (χ0n) is 8.43. The van der Waals surface area contributed by atoms with Crippen LogP contribution >= 0.6 is 0 Å². The first kappa shape index (κ1) is 12.0. The molecule has 0 saturated carbocycles. The van der Waals surface area contributed by atoms with Gasteiger partial charge in [-0.3, -0.25) is 4.84 Å². The predicted molar refractivity (Wildman–Crippen MR) is 51.0 cm³/mol. The first-order valence-corrected chi connectivity index (χ1v) is 4.52. The molecule has 0 heterocycles. The van der Waals surface area contributed by atoms with Crippen molar-refractivity contribution in [1.82, 2.24) is 5.48 Å². The minimum atomic E-state index is -0.585. The van der Waals surface area contributed by atoms with Gasteiger partial charge in [-0.15, -0.1) is 0 Å². The lowest BCUT2D eigenvalue weighted by molar-refractivity contribution is 0.00266. The van der Waals surface area contributed by atoms with Gasteiger partial charge in [-0.25, -0.2) is 8.78 Å². The van der Waals surface area contributed by atoms with Crippen LogP contribution in [0.1, 0.15) is 5.56 Å². The molecule has 1 aromatic rings. The smallest absolute Gasteiger partial charge is 0.130 e. The van der Waals surface area contributed by atoms with E-state index in [2.05, 4.69) is 5.48 Å². The highest BCUT2D eigenvalue weighted by molar-refractivity contribution is 5.19. The van der Waals surface area contributed by atoms with Gasteiger partial charge in [0.1, 0.15) is 11.6 Å². The molecule has 0 spiro atoms. The van der Waals surface area contributed by atoms with Crippen LogP contribution in [0.15, 0.2) is 18.2 Å². The molecule has 0 amide bonds. The second-order valence-corrected chi connectivity index (χ2v) is 2.86. The highest BCUT2D eigenvalue weighted by atomic mass is 19.1. The molecule has 5 heteroatoms. The van der Waals surface area contributed by atoms with E-state index in [0.717, 1.165) is 0 Å². The molecule has 0 aliphatic rings. The number of hydrogen-bond acceptors (Lipinski definition) is 3. The lowest BCUT2D eigenvalue weighted by atomic mass is 10.2. The molecule has 0 atom stereocenters. The van der Waals surface area contributed by atoms with Crippen LogP contribution in [-0.4, -0.2) is 20.3 Å². The topological polar surface area (TPSA) is 30.5 Å². The molecule has 0 aliphatic carbocycles. The Morgan fingerprint density at radius 3 is 2.47 bits per heavy atom. The molecule has 0 aromatic heterocycles. The Bertz CT molecular complexity index is 287. The highest BCUT2D eigenvalue weighted by Crippen LogP contribution is 2.11. The number of halogens is 2. The Hall–Kier alpha value is -1.04. The number of hydroxylamine groups is 1. The summed E-state index contributed by atoms with van der Waals surface area (Å²) in [6.45, 7) is 0.738. The van der Waals surface area contributed by atoms with Gasteiger partial charge in [-0.2, -0.15) is 5.48 Å². The van der Waals surface area contributed by atoms with Crippen LogP contribution in [0.5, 0.6) is 0 Å². The molecule has 3 nitrogen and oxygen atoms in total. The van der Waals surface area contributed by atoms with E-state index in [0.29, 0.717) is 13.2 Å². The van der Waals surface area contributed by atoms with Crippen molar-refractivity contribution in [1.29, 1.82) is 0 Å². The van der Waals surface area contributed by atoms with Crippen LogP contribution in [0.3, 0.4) is 0 Å². The fourth-order valence-electron chi connectivity index (χ4n) is 1.02. The molecule has 15 heavy (non-hydrogen) atoms. The third-order valence-corrected chi connectivity index (χ3v) is 1.80. The zero-order chi connectivity index (χ0) is 11.1. The van der Waals surface area contributed by atoms with Gasteiger partial charge in [0.15, 0.2) is 0 Å². The number of hydrogen-bond donors (Lipinski definition) is 1. The summed E-state index contributed by atoms with van der Waals surface area (Å²) in [5.41, 5.74) is 2.43. The standard InChI is InChI=1S/C10H13F2NO2/c1-14-5-6-15-13-7-8-9(11)3-2-4-10(8)12/h2-4,13H,5-7H2,1H3. The Kier molecular flexibility index (Phi) is 5.17. The lowest BCUT2D eigenvalue weighted by Gasteiger charge is -2.07. The summed E-state index contributed by atoms with van der Waals surface area (Å²) in [6, 6.07) is 3.73. The fourth-order valence-corrected chi connectivity index (χ4v) is 1.02. The third-order valence-electron chi connectivity index (χ3n) is 1.80. The summed E-state index contributed by atoms with van der Waals surface area (Å²) in [5.74, 6) is -1.17. The Labute approximate surface area is 87.0 Å². The van der Waals surface area contributed by atoms with Crippen molar-refractivity contribution in [3.8, 4) is 0 Å². The Morgan fingerprint density at radius 2 is 1.87 bits per heavy atom. The molecule has 0 radical (unpaired) electrons. The van der Waals surface area contributed by atoms with E-state index >= 15 is 0 Å². The Morgan fingerprint density at radius 1 is 1.20 bits per heavy atom. The summed E-state index contributed by atoms with van der Waals surface area (Å²) < 4.78 is 30.9. The molecule has 0 bridgehead atoms. The molecule has 84 valence electrons. The van der Waals surface area contributed by atoms with E-state index in [-0.39, 0.29) is 12.1 Å². The van der Waals surface area contributed by atoms with Gasteiger partial charge in [0, 0.05) is 12.7 Å². The van der Waals surface area contributed by atoms with Crippen molar-refractivity contribution in [2.24, 2.45) is 0 Å². The molecule has 0 unspecified atom stereocenters. The number of benzene rings is 1. The van der Waals surface area contributed by atoms with Crippen molar-refractivity contribution < 1.29 is 18.4 Å². The minimum absolute atomic E-state index is 0.0117. The number of methoxy groups -OCH3 is 1. The summed E-state index contributed by atoms with van der Waals surface area (Å²) in [6.07, 6.45) is 0. The van der Waals surface area contributed by atoms with Crippen molar-refractivity contribution >= 4 is 0 Å². The van der Waals surface area contributed by atoms with E-state index in [9.17, 15) is 8.78 Å². The van der Waals surface area contributed by atoms with Crippen LogP contribution in [0.4, 0.5) is 8.78 Å². The molecular formula is C10H13F2NO2. The van der Waals surface area contributed by atoms with Gasteiger partial charge in [-0.05, 0) is 12.1 Å². The quantitative estimate of drug-likeness (QED) is 0.580. The highest BCUT2D eigenvalue weighted by Gasteiger charge is 2.07. The first-order valence-electron chi connectivity index (χ1n) is 4.52. The predicted octanol–water partition coefficient (Wildman–Crippen LogP) is 1.63. The molecule has 1 N–H and O–H groups in total. The van der Waals surface area contributed by atoms with Gasteiger partial charge in [-0.1, -0.05) is 6.07 Å². The van der Waals surface area contributed by atoms with Crippen LogP contribution in [0, 0.1) is 11.6 Å². The second kappa shape index (κ2) is 6.44. The average Bonchev–Trinajstić information content (AvgIpc) is 2.21.